The summed E-state index contributed by atoms with van der Waals surface area (Å²) in [5, 5.41) is 5.87. The first-order valence-corrected chi connectivity index (χ1v) is 16.4. The van der Waals surface area contributed by atoms with E-state index in [1.54, 1.807) is 0 Å². The van der Waals surface area contributed by atoms with Crippen LogP contribution in [-0.4, -0.2) is 0 Å². The molecular weight excluding hydrogens is 593 g/mol. The van der Waals surface area contributed by atoms with Crippen LogP contribution in [-0.2, 0) is 0 Å². The lowest BCUT2D eigenvalue weighted by atomic mass is 9.83. The van der Waals surface area contributed by atoms with Gasteiger partial charge in [-0.05, 0) is 95.0 Å². The lowest BCUT2D eigenvalue weighted by Gasteiger charge is -2.20. The number of fused-ring (bicyclic) bond motifs is 6. The zero-order valence-electron chi connectivity index (χ0n) is 32.3. The number of hydrogen-bond donors (Lipinski definition) is 0. The molecule has 0 spiro atoms. The minimum absolute atomic E-state index is 0.0968. The van der Waals surface area contributed by atoms with Crippen molar-refractivity contribution in [2.75, 3.05) is 0 Å². The molecule has 1 aromatic heterocycles. The fraction of sp³-hybridized carbons (Fsp3) is 0. The molecule has 228 valence electrons. The van der Waals surface area contributed by atoms with Crippen molar-refractivity contribution < 1.29 is 12.6 Å². The van der Waals surface area contributed by atoms with Crippen LogP contribution in [0, 0.1) is 0 Å². The molecule has 10 aromatic rings. The molecule has 1 nitrogen and oxygen atoms in total. The van der Waals surface area contributed by atoms with Crippen molar-refractivity contribution in [1.82, 2.24) is 0 Å². The second-order valence-electron chi connectivity index (χ2n) is 12.3. The molecule has 0 unspecified atom stereocenters. The van der Waals surface area contributed by atoms with Crippen molar-refractivity contribution in [1.29, 1.82) is 0 Å². The molecule has 0 aliphatic rings. The molecule has 0 fully saturated rings. The fourth-order valence-electron chi connectivity index (χ4n) is 7.48. The lowest BCUT2D eigenvalue weighted by molar-refractivity contribution is 0.669. The maximum absolute atomic E-state index is 9.67. The van der Waals surface area contributed by atoms with E-state index >= 15 is 0 Å². The Hall–Kier alpha value is -6.44. The topological polar surface area (TPSA) is 13.1 Å². The smallest absolute Gasteiger partial charge is 0.136 e. The average Bonchev–Trinajstić information content (AvgIpc) is 3.61. The van der Waals surface area contributed by atoms with Crippen LogP contribution in [0.1, 0.15) is 8.22 Å². The largest absolute Gasteiger partial charge is 0.456 e. The van der Waals surface area contributed by atoms with Gasteiger partial charge in [0.15, 0.2) is 0 Å². The average molecular weight is 629 g/mol. The van der Waals surface area contributed by atoms with Crippen LogP contribution >= 0.6 is 0 Å². The van der Waals surface area contributed by atoms with Gasteiger partial charge in [0, 0.05) is 10.8 Å². The molecule has 1 heterocycles. The molecule has 0 saturated heterocycles. The number of benzene rings is 9. The van der Waals surface area contributed by atoms with Gasteiger partial charge in [-0.2, -0.15) is 0 Å². The van der Waals surface area contributed by atoms with E-state index in [-0.39, 0.29) is 47.0 Å². The quantitative estimate of drug-likeness (QED) is 0.177. The number of rotatable bonds is 4. The fourth-order valence-corrected chi connectivity index (χ4v) is 7.48. The van der Waals surface area contributed by atoms with E-state index in [4.69, 9.17) is 8.53 Å². The Bertz CT molecular complexity index is 3150. The predicted molar refractivity (Wildman–Crippen MR) is 208 cm³/mol. The van der Waals surface area contributed by atoms with Crippen molar-refractivity contribution in [2.24, 2.45) is 0 Å². The standard InChI is InChI=1S/C48H30O/c1-3-14-31(15-4-1)33-26-27-42-45(30-33)49-44-25-13-24-43(48(42)44)47-39-22-11-9-20-37(39)46(38-21-10-12-23-40(38)47)41-29-28-34(32-16-5-2-6-17-32)35-18-7-8-19-36(35)41/h1-30H/i7D,8D,18D,19D,28D,29D. The third-order valence-corrected chi connectivity index (χ3v) is 9.62. The van der Waals surface area contributed by atoms with Crippen LogP contribution < -0.4 is 0 Å². The van der Waals surface area contributed by atoms with Crippen LogP contribution in [0.25, 0.3) is 98.8 Å². The second kappa shape index (κ2) is 11.1. The first-order chi connectivity index (χ1) is 26.8. The molecule has 0 radical (unpaired) electrons. The van der Waals surface area contributed by atoms with E-state index in [9.17, 15) is 4.11 Å². The summed E-state index contributed by atoms with van der Waals surface area (Å²) >= 11 is 0. The molecule has 1 heteroatoms. The summed E-state index contributed by atoms with van der Waals surface area (Å²) in [5.41, 5.74) is 7.59. The Morgan fingerprint density at radius 3 is 1.55 bits per heavy atom. The predicted octanol–water partition coefficient (Wildman–Crippen LogP) is 13.7. The highest BCUT2D eigenvalue weighted by Crippen LogP contribution is 2.48. The van der Waals surface area contributed by atoms with E-state index in [1.165, 1.54) is 0 Å². The Morgan fingerprint density at radius 2 is 0.898 bits per heavy atom. The summed E-state index contributed by atoms with van der Waals surface area (Å²) in [4.78, 5) is 0. The first-order valence-electron chi connectivity index (χ1n) is 19.4. The second-order valence-corrected chi connectivity index (χ2v) is 12.3. The van der Waals surface area contributed by atoms with Crippen LogP contribution in [0.4, 0.5) is 0 Å². The molecule has 0 amide bonds. The molecule has 0 bridgehead atoms. The van der Waals surface area contributed by atoms with Gasteiger partial charge >= 0.3 is 0 Å². The van der Waals surface area contributed by atoms with Crippen molar-refractivity contribution in [3.8, 4) is 44.5 Å². The van der Waals surface area contributed by atoms with Gasteiger partial charge in [-0.25, -0.2) is 0 Å². The lowest BCUT2D eigenvalue weighted by Crippen LogP contribution is -1.92. The first kappa shape index (κ1) is 22.2. The number of furan rings is 1. The molecule has 0 saturated carbocycles. The summed E-state index contributed by atoms with van der Waals surface area (Å²) < 4.78 is 61.6. The molecule has 0 aliphatic heterocycles. The molecule has 0 N–H and O–H groups in total. The molecule has 0 aliphatic carbocycles. The Kier molecular flexibility index (Phi) is 5.02. The van der Waals surface area contributed by atoms with Crippen molar-refractivity contribution in [2.45, 2.75) is 0 Å². The van der Waals surface area contributed by atoms with E-state index in [0.29, 0.717) is 22.3 Å². The highest BCUT2D eigenvalue weighted by Gasteiger charge is 2.21. The maximum Gasteiger partial charge on any atom is 0.136 e. The van der Waals surface area contributed by atoms with Gasteiger partial charge in [-0.3, -0.25) is 0 Å². The highest BCUT2D eigenvalue weighted by atomic mass is 16.3. The zero-order valence-corrected chi connectivity index (χ0v) is 26.3. The highest BCUT2D eigenvalue weighted by molar-refractivity contribution is 6.27. The van der Waals surface area contributed by atoms with E-state index in [0.717, 1.165) is 65.7 Å². The summed E-state index contributed by atoms with van der Waals surface area (Å²) in [6, 6.07) is 46.5. The summed E-state index contributed by atoms with van der Waals surface area (Å²) in [6.45, 7) is 0. The van der Waals surface area contributed by atoms with Gasteiger partial charge < -0.3 is 4.42 Å². The van der Waals surface area contributed by atoms with Gasteiger partial charge in [0.2, 0.25) is 0 Å². The Morgan fingerprint density at radius 1 is 0.347 bits per heavy atom. The van der Waals surface area contributed by atoms with Gasteiger partial charge in [0.25, 0.3) is 0 Å². The van der Waals surface area contributed by atoms with E-state index in [2.05, 4.69) is 48.5 Å². The van der Waals surface area contributed by atoms with Gasteiger partial charge in [-0.1, -0.05) is 164 Å². The van der Waals surface area contributed by atoms with Gasteiger partial charge in [0.1, 0.15) is 11.2 Å². The zero-order chi connectivity index (χ0) is 37.5. The minimum atomic E-state index is -0.381. The third-order valence-electron chi connectivity index (χ3n) is 9.62. The minimum Gasteiger partial charge on any atom is -0.456 e. The molecule has 0 atom stereocenters. The van der Waals surface area contributed by atoms with E-state index in [1.807, 2.05) is 97.1 Å². The SMILES string of the molecule is [2H]c1c([2H])c([2H])c2c(-c3c4ccccc4c(-c4cccc5oc6cc(-c7ccccc7)ccc6c45)c4ccccc34)c([2H])c([2H])c(-c3ccccc3)c2c1[2H]. The van der Waals surface area contributed by atoms with Crippen molar-refractivity contribution in [3.05, 3.63) is 182 Å². The molecule has 49 heavy (non-hydrogen) atoms. The van der Waals surface area contributed by atoms with Crippen LogP contribution in [0.5, 0.6) is 0 Å². The van der Waals surface area contributed by atoms with Crippen LogP contribution in [0.2, 0.25) is 0 Å². The van der Waals surface area contributed by atoms with Gasteiger partial charge in [-0.15, -0.1) is 0 Å². The maximum atomic E-state index is 9.67. The van der Waals surface area contributed by atoms with Crippen molar-refractivity contribution in [3.63, 3.8) is 0 Å². The van der Waals surface area contributed by atoms with E-state index < -0.39 is 0 Å². The summed E-state index contributed by atoms with van der Waals surface area (Å²) in [6.07, 6.45) is 0. The molecular formula is C48H30O. The monoisotopic (exact) mass is 628 g/mol. The summed E-state index contributed by atoms with van der Waals surface area (Å²) in [7, 11) is 0. The summed E-state index contributed by atoms with van der Waals surface area (Å²) in [5.74, 6) is 0. The Labute approximate surface area is 292 Å². The molecule has 10 rings (SSSR count). The third kappa shape index (κ3) is 4.33. The van der Waals surface area contributed by atoms with Crippen molar-refractivity contribution >= 4 is 54.3 Å². The van der Waals surface area contributed by atoms with Gasteiger partial charge in [0.05, 0.1) is 8.22 Å². The normalized spacial score (nSPS) is 13.4. The van der Waals surface area contributed by atoms with Crippen LogP contribution in [0.3, 0.4) is 0 Å². The molecule has 9 aromatic carbocycles. The Balaban J connectivity index is 1.34. The van der Waals surface area contributed by atoms with Crippen LogP contribution in [0.15, 0.2) is 186 Å². The number of hydrogen-bond acceptors (Lipinski definition) is 1.